The van der Waals surface area contributed by atoms with Crippen molar-refractivity contribution in [2.45, 2.75) is 31.8 Å². The number of aryl methyl sites for hydroxylation is 2. The fourth-order valence-electron chi connectivity index (χ4n) is 2.67. The molecule has 0 bridgehead atoms. The first-order valence-corrected chi connectivity index (χ1v) is 10.4. The first kappa shape index (κ1) is 19.1. The van der Waals surface area contributed by atoms with E-state index in [0.29, 0.717) is 10.8 Å². The van der Waals surface area contributed by atoms with Crippen LogP contribution in [0.2, 0.25) is 5.02 Å². The van der Waals surface area contributed by atoms with E-state index < -0.39 is 0 Å². The van der Waals surface area contributed by atoms with Gasteiger partial charge in [0.25, 0.3) is 0 Å². The third kappa shape index (κ3) is 3.87. The highest BCUT2D eigenvalue weighted by atomic mass is 35.5. The van der Waals surface area contributed by atoms with E-state index in [4.69, 9.17) is 11.6 Å². The number of thiophene rings is 1. The van der Waals surface area contributed by atoms with Gasteiger partial charge in [-0.2, -0.15) is 0 Å². The zero-order chi connectivity index (χ0) is 18.8. The highest BCUT2D eigenvalue weighted by Gasteiger charge is 2.19. The lowest BCUT2D eigenvalue weighted by Gasteiger charge is -2.25. The predicted octanol–water partition coefficient (Wildman–Crippen LogP) is 5.27. The van der Waals surface area contributed by atoms with E-state index in [2.05, 4.69) is 23.8 Å². The monoisotopic (exact) mass is 405 g/mol. The van der Waals surface area contributed by atoms with Gasteiger partial charge in [0.2, 0.25) is 5.91 Å². The summed E-state index contributed by atoms with van der Waals surface area (Å²) in [6.07, 6.45) is 1.57. The number of benzene rings is 1. The smallest absolute Gasteiger partial charge is 0.233 e. The molecule has 1 aromatic carbocycles. The summed E-state index contributed by atoms with van der Waals surface area (Å²) in [5.41, 5.74) is 2.26. The molecule has 0 spiro atoms. The maximum Gasteiger partial charge on any atom is 0.233 e. The van der Waals surface area contributed by atoms with Crippen LogP contribution in [0.4, 0.5) is 0 Å². The fourth-order valence-corrected chi connectivity index (χ4v) is 4.84. The molecule has 0 aliphatic carbocycles. The Balaban J connectivity index is 1.71. The molecule has 136 valence electrons. The van der Waals surface area contributed by atoms with Crippen LogP contribution in [0.5, 0.6) is 0 Å². The molecule has 1 atom stereocenters. The Labute approximate surface area is 166 Å². The number of hydrogen-bond acceptors (Lipinski definition) is 5. The molecule has 3 aromatic rings. The van der Waals surface area contributed by atoms with E-state index in [1.807, 2.05) is 38.2 Å². The first-order valence-electron chi connectivity index (χ1n) is 8.23. The summed E-state index contributed by atoms with van der Waals surface area (Å²) in [4.78, 5) is 25.4. The van der Waals surface area contributed by atoms with Crippen molar-refractivity contribution < 1.29 is 4.79 Å². The molecule has 1 unspecified atom stereocenters. The van der Waals surface area contributed by atoms with Crippen molar-refractivity contribution in [1.82, 2.24) is 14.9 Å². The van der Waals surface area contributed by atoms with Crippen molar-refractivity contribution in [2.75, 3.05) is 12.8 Å². The van der Waals surface area contributed by atoms with Gasteiger partial charge in [0.15, 0.2) is 0 Å². The highest BCUT2D eigenvalue weighted by Crippen LogP contribution is 2.34. The molecule has 3 rings (SSSR count). The predicted molar refractivity (Wildman–Crippen MR) is 110 cm³/mol. The van der Waals surface area contributed by atoms with Crippen LogP contribution in [-0.2, 0) is 4.79 Å². The van der Waals surface area contributed by atoms with Crippen molar-refractivity contribution in [2.24, 2.45) is 0 Å². The van der Waals surface area contributed by atoms with Gasteiger partial charge in [0, 0.05) is 22.3 Å². The van der Waals surface area contributed by atoms with Gasteiger partial charge in [-0.3, -0.25) is 4.79 Å². The molecule has 7 heteroatoms. The number of thioether (sulfide) groups is 1. The van der Waals surface area contributed by atoms with E-state index in [1.54, 1.807) is 22.6 Å². The van der Waals surface area contributed by atoms with Gasteiger partial charge in [-0.05, 0) is 44.0 Å². The minimum Gasteiger partial charge on any atom is -0.338 e. The van der Waals surface area contributed by atoms with Crippen LogP contribution < -0.4 is 0 Å². The van der Waals surface area contributed by atoms with E-state index in [9.17, 15) is 4.79 Å². The molecule has 26 heavy (non-hydrogen) atoms. The molecule has 0 saturated carbocycles. The van der Waals surface area contributed by atoms with Gasteiger partial charge >= 0.3 is 0 Å². The average molecular weight is 406 g/mol. The Morgan fingerprint density at radius 3 is 2.65 bits per heavy atom. The zero-order valence-corrected chi connectivity index (χ0v) is 17.5. The molecule has 0 fully saturated rings. The summed E-state index contributed by atoms with van der Waals surface area (Å²) in [5, 5.41) is 2.64. The number of rotatable bonds is 5. The topological polar surface area (TPSA) is 46.1 Å². The van der Waals surface area contributed by atoms with E-state index in [0.717, 1.165) is 20.8 Å². The van der Waals surface area contributed by atoms with Crippen LogP contribution in [0, 0.1) is 13.8 Å². The Hall–Kier alpha value is -1.63. The lowest BCUT2D eigenvalue weighted by atomic mass is 10.1. The third-order valence-electron chi connectivity index (χ3n) is 4.59. The second-order valence-electron chi connectivity index (χ2n) is 6.16. The molecule has 0 saturated heterocycles. The summed E-state index contributed by atoms with van der Waals surface area (Å²) in [6, 6.07) is 7.58. The van der Waals surface area contributed by atoms with Gasteiger partial charge in [-0.15, -0.1) is 11.3 Å². The highest BCUT2D eigenvalue weighted by molar-refractivity contribution is 8.00. The van der Waals surface area contributed by atoms with Crippen LogP contribution in [0.3, 0.4) is 0 Å². The lowest BCUT2D eigenvalue weighted by molar-refractivity contribution is -0.128. The summed E-state index contributed by atoms with van der Waals surface area (Å²) in [5.74, 6) is 0.406. The SMILES string of the molecule is Cc1sc2ncnc(SCC(=O)N(C)C(C)c3ccc(Cl)cc3)c2c1C. The van der Waals surface area contributed by atoms with Gasteiger partial charge in [0.1, 0.15) is 16.2 Å². The molecular weight excluding hydrogens is 386 g/mol. The lowest BCUT2D eigenvalue weighted by Crippen LogP contribution is -2.31. The maximum atomic E-state index is 12.7. The maximum absolute atomic E-state index is 12.7. The van der Waals surface area contributed by atoms with Crippen LogP contribution >= 0.6 is 34.7 Å². The van der Waals surface area contributed by atoms with Crippen molar-refractivity contribution >= 4 is 50.8 Å². The van der Waals surface area contributed by atoms with E-state index >= 15 is 0 Å². The van der Waals surface area contributed by atoms with Crippen LogP contribution in [0.25, 0.3) is 10.2 Å². The first-order chi connectivity index (χ1) is 12.4. The van der Waals surface area contributed by atoms with Crippen LogP contribution in [0.15, 0.2) is 35.6 Å². The number of carbonyl (C=O) groups excluding carboxylic acids is 1. The Bertz CT molecular complexity index is 940. The number of nitrogens with zero attached hydrogens (tertiary/aromatic N) is 3. The van der Waals surface area contributed by atoms with E-state index in [-0.39, 0.29) is 11.9 Å². The number of amides is 1. The molecule has 2 heterocycles. The molecule has 2 aromatic heterocycles. The van der Waals surface area contributed by atoms with Crippen LogP contribution in [0.1, 0.15) is 29.0 Å². The molecule has 0 aliphatic heterocycles. The molecule has 0 aliphatic rings. The van der Waals surface area contributed by atoms with Crippen molar-refractivity contribution in [3.8, 4) is 0 Å². The zero-order valence-electron chi connectivity index (χ0n) is 15.1. The van der Waals surface area contributed by atoms with Crippen molar-refractivity contribution in [3.63, 3.8) is 0 Å². The van der Waals surface area contributed by atoms with Gasteiger partial charge < -0.3 is 4.90 Å². The van der Waals surface area contributed by atoms with Gasteiger partial charge in [0.05, 0.1) is 11.8 Å². The second-order valence-corrected chi connectivity index (χ2v) is 8.77. The normalized spacial score (nSPS) is 12.3. The Morgan fingerprint density at radius 2 is 1.96 bits per heavy atom. The molecule has 4 nitrogen and oxygen atoms in total. The number of fused-ring (bicyclic) bond motifs is 1. The summed E-state index contributed by atoms with van der Waals surface area (Å²) in [7, 11) is 1.83. The number of carbonyl (C=O) groups is 1. The quantitative estimate of drug-likeness (QED) is 0.428. The number of halogens is 1. The van der Waals surface area contributed by atoms with Crippen molar-refractivity contribution in [3.05, 3.63) is 51.6 Å². The van der Waals surface area contributed by atoms with Gasteiger partial charge in [-0.25, -0.2) is 9.97 Å². The molecule has 0 N–H and O–H groups in total. The van der Waals surface area contributed by atoms with E-state index in [1.165, 1.54) is 22.2 Å². The fraction of sp³-hybridized carbons (Fsp3) is 0.316. The average Bonchev–Trinajstić information content (AvgIpc) is 2.93. The molecule has 0 radical (unpaired) electrons. The van der Waals surface area contributed by atoms with Gasteiger partial charge in [-0.1, -0.05) is 35.5 Å². The van der Waals surface area contributed by atoms with Crippen LogP contribution in [-0.4, -0.2) is 33.6 Å². The standard InChI is InChI=1S/C19H20ClN3OS2/c1-11-13(3)26-19-17(11)18(21-10-22-19)25-9-16(24)23(4)12(2)14-5-7-15(20)8-6-14/h5-8,10,12H,9H2,1-4H3. The largest absolute Gasteiger partial charge is 0.338 e. The number of aromatic nitrogens is 2. The minimum absolute atomic E-state index is 0.0177. The third-order valence-corrected chi connectivity index (χ3v) is 6.93. The summed E-state index contributed by atoms with van der Waals surface area (Å²) in [6.45, 7) is 6.18. The molecule has 1 amide bonds. The minimum atomic E-state index is -0.0177. The summed E-state index contributed by atoms with van der Waals surface area (Å²) >= 11 is 9.08. The Kier molecular flexibility index (Phi) is 5.85. The summed E-state index contributed by atoms with van der Waals surface area (Å²) < 4.78 is 0. The number of hydrogen-bond donors (Lipinski definition) is 0. The Morgan fingerprint density at radius 1 is 1.27 bits per heavy atom. The van der Waals surface area contributed by atoms with Crippen molar-refractivity contribution in [1.29, 1.82) is 0 Å². The molecular formula is C19H20ClN3OS2. The second kappa shape index (κ2) is 7.94.